The third-order valence-corrected chi connectivity index (χ3v) is 2.98. The molecule has 0 saturated carbocycles. The van der Waals surface area contributed by atoms with Gasteiger partial charge < -0.3 is 10.4 Å². The van der Waals surface area contributed by atoms with Gasteiger partial charge >= 0.3 is 0 Å². The van der Waals surface area contributed by atoms with Crippen LogP contribution in [0.5, 0.6) is 5.75 Å². The van der Waals surface area contributed by atoms with Gasteiger partial charge in [0.25, 0.3) is 5.91 Å². The molecule has 2 N–H and O–H groups in total. The van der Waals surface area contributed by atoms with Crippen LogP contribution in [0, 0.1) is 0 Å². The molecule has 4 nitrogen and oxygen atoms in total. The van der Waals surface area contributed by atoms with Gasteiger partial charge in [0.2, 0.25) is 0 Å². The number of nitrogens with zero attached hydrogens (tertiary/aromatic N) is 1. The normalized spacial score (nSPS) is 10.1. The molecule has 1 aromatic carbocycles. The van der Waals surface area contributed by atoms with Crippen molar-refractivity contribution < 1.29 is 9.90 Å². The number of hydrogen-bond donors (Lipinski definition) is 2. The van der Waals surface area contributed by atoms with Crippen LogP contribution in [0.15, 0.2) is 41.0 Å². The first-order chi connectivity index (χ1) is 8.56. The van der Waals surface area contributed by atoms with Crippen LogP contribution in [0.1, 0.15) is 10.4 Å². The van der Waals surface area contributed by atoms with Gasteiger partial charge in [0.1, 0.15) is 11.6 Å². The Bertz CT molecular complexity index is 604. The summed E-state index contributed by atoms with van der Waals surface area (Å²) in [5, 5.41) is 12.2. The lowest BCUT2D eigenvalue weighted by molar-refractivity contribution is 0.102. The summed E-state index contributed by atoms with van der Waals surface area (Å²) in [4.78, 5) is 15.9. The predicted molar refractivity (Wildman–Crippen MR) is 73.0 cm³/mol. The van der Waals surface area contributed by atoms with Crippen molar-refractivity contribution in [2.75, 3.05) is 5.32 Å². The Balaban J connectivity index is 2.24. The third-order valence-electron chi connectivity index (χ3n) is 2.16. The lowest BCUT2D eigenvalue weighted by atomic mass is 10.2. The molecule has 92 valence electrons. The number of aromatic nitrogens is 1. The van der Waals surface area contributed by atoms with Crippen LogP contribution in [0.2, 0.25) is 5.02 Å². The van der Waals surface area contributed by atoms with Crippen LogP contribution >= 0.6 is 27.5 Å². The summed E-state index contributed by atoms with van der Waals surface area (Å²) in [7, 11) is 0. The molecule has 0 spiro atoms. The highest BCUT2D eigenvalue weighted by Gasteiger charge is 2.12. The second kappa shape index (κ2) is 5.37. The minimum absolute atomic E-state index is 0.0215. The standard InChI is InChI=1S/C12H8BrClN2O2/c13-7-3-4-15-11(5-7)16-12(18)9-6-8(17)1-2-10(9)14/h1-6,17H,(H,15,16,18). The van der Waals surface area contributed by atoms with Crippen LogP contribution in [0.4, 0.5) is 5.82 Å². The molecule has 1 heterocycles. The van der Waals surface area contributed by atoms with Crippen LogP contribution in [-0.4, -0.2) is 16.0 Å². The van der Waals surface area contributed by atoms with E-state index in [2.05, 4.69) is 26.2 Å². The van der Waals surface area contributed by atoms with Crippen molar-refractivity contribution in [2.24, 2.45) is 0 Å². The van der Waals surface area contributed by atoms with Crippen molar-refractivity contribution in [2.45, 2.75) is 0 Å². The average molecular weight is 328 g/mol. The number of pyridine rings is 1. The van der Waals surface area contributed by atoms with Crippen molar-refractivity contribution >= 4 is 39.3 Å². The van der Waals surface area contributed by atoms with Gasteiger partial charge in [-0.25, -0.2) is 4.98 Å². The van der Waals surface area contributed by atoms with Gasteiger partial charge in [-0.15, -0.1) is 0 Å². The first-order valence-electron chi connectivity index (χ1n) is 4.97. The van der Waals surface area contributed by atoms with Crippen molar-refractivity contribution in [1.29, 1.82) is 0 Å². The molecule has 0 aliphatic heterocycles. The summed E-state index contributed by atoms with van der Waals surface area (Å²) in [5.41, 5.74) is 0.193. The number of amides is 1. The molecule has 18 heavy (non-hydrogen) atoms. The molecular formula is C12H8BrClN2O2. The Morgan fingerprint density at radius 1 is 1.33 bits per heavy atom. The molecule has 0 fully saturated rings. The highest BCUT2D eigenvalue weighted by Crippen LogP contribution is 2.22. The maximum absolute atomic E-state index is 11.9. The number of carbonyl (C=O) groups excluding carboxylic acids is 1. The number of benzene rings is 1. The summed E-state index contributed by atoms with van der Waals surface area (Å²) in [6.07, 6.45) is 1.56. The minimum Gasteiger partial charge on any atom is -0.508 e. The maximum atomic E-state index is 11.9. The van der Waals surface area contributed by atoms with E-state index in [4.69, 9.17) is 11.6 Å². The Hall–Kier alpha value is -1.59. The summed E-state index contributed by atoms with van der Waals surface area (Å²) >= 11 is 9.16. The average Bonchev–Trinajstić information content (AvgIpc) is 2.32. The molecule has 0 bridgehead atoms. The molecule has 6 heteroatoms. The lowest BCUT2D eigenvalue weighted by Crippen LogP contribution is -2.13. The first-order valence-corrected chi connectivity index (χ1v) is 6.15. The summed E-state index contributed by atoms with van der Waals surface area (Å²) in [6.45, 7) is 0. The van der Waals surface area contributed by atoms with Gasteiger partial charge in [0, 0.05) is 10.7 Å². The lowest BCUT2D eigenvalue weighted by Gasteiger charge is -2.06. The molecule has 2 rings (SSSR count). The molecule has 0 saturated heterocycles. The van der Waals surface area contributed by atoms with Gasteiger partial charge in [-0.2, -0.15) is 0 Å². The van der Waals surface area contributed by atoms with Crippen LogP contribution < -0.4 is 5.32 Å². The number of phenolic OH excluding ortho intramolecular Hbond substituents is 1. The van der Waals surface area contributed by atoms with E-state index in [1.165, 1.54) is 18.2 Å². The fourth-order valence-electron chi connectivity index (χ4n) is 1.34. The highest BCUT2D eigenvalue weighted by atomic mass is 79.9. The number of nitrogens with one attached hydrogen (secondary N) is 1. The molecule has 0 radical (unpaired) electrons. The van der Waals surface area contributed by atoms with Crippen molar-refractivity contribution in [1.82, 2.24) is 4.98 Å². The van der Waals surface area contributed by atoms with E-state index in [1.807, 2.05) is 0 Å². The monoisotopic (exact) mass is 326 g/mol. The Morgan fingerprint density at radius 2 is 2.11 bits per heavy atom. The zero-order valence-corrected chi connectivity index (χ0v) is 11.4. The van der Waals surface area contributed by atoms with E-state index in [0.29, 0.717) is 5.82 Å². The van der Waals surface area contributed by atoms with E-state index >= 15 is 0 Å². The topological polar surface area (TPSA) is 62.2 Å². The van der Waals surface area contributed by atoms with Crippen LogP contribution in [-0.2, 0) is 0 Å². The van der Waals surface area contributed by atoms with Crippen molar-refractivity contribution in [3.8, 4) is 5.75 Å². The molecule has 1 aromatic heterocycles. The largest absolute Gasteiger partial charge is 0.508 e. The zero-order chi connectivity index (χ0) is 13.1. The smallest absolute Gasteiger partial charge is 0.258 e. The second-order valence-electron chi connectivity index (χ2n) is 3.48. The van der Waals surface area contributed by atoms with Gasteiger partial charge in [-0.3, -0.25) is 4.79 Å². The molecular weight excluding hydrogens is 320 g/mol. The van der Waals surface area contributed by atoms with Crippen molar-refractivity contribution in [3.63, 3.8) is 0 Å². The zero-order valence-electron chi connectivity index (χ0n) is 9.02. The Labute approximate surface area is 117 Å². The minimum atomic E-state index is -0.429. The third kappa shape index (κ3) is 3.00. The molecule has 0 aliphatic carbocycles. The van der Waals surface area contributed by atoms with Gasteiger partial charge in [-0.1, -0.05) is 27.5 Å². The highest BCUT2D eigenvalue weighted by molar-refractivity contribution is 9.10. The van der Waals surface area contributed by atoms with E-state index in [-0.39, 0.29) is 16.3 Å². The number of rotatable bonds is 2. The van der Waals surface area contributed by atoms with Crippen LogP contribution in [0.3, 0.4) is 0 Å². The Kier molecular flexibility index (Phi) is 3.84. The second-order valence-corrected chi connectivity index (χ2v) is 4.80. The fraction of sp³-hybridized carbons (Fsp3) is 0. The fourth-order valence-corrected chi connectivity index (χ4v) is 1.88. The Morgan fingerprint density at radius 3 is 2.83 bits per heavy atom. The van der Waals surface area contributed by atoms with Gasteiger partial charge in [-0.05, 0) is 30.3 Å². The van der Waals surface area contributed by atoms with E-state index in [1.54, 1.807) is 18.3 Å². The molecule has 2 aromatic rings. The summed E-state index contributed by atoms with van der Waals surface area (Å²) < 4.78 is 0.801. The number of phenols is 1. The number of anilines is 1. The van der Waals surface area contributed by atoms with Crippen molar-refractivity contribution in [3.05, 3.63) is 51.6 Å². The van der Waals surface area contributed by atoms with E-state index < -0.39 is 5.91 Å². The number of carbonyl (C=O) groups is 1. The van der Waals surface area contributed by atoms with Crippen LogP contribution in [0.25, 0.3) is 0 Å². The predicted octanol–water partition coefficient (Wildman–Crippen LogP) is 3.46. The molecule has 0 unspecified atom stereocenters. The van der Waals surface area contributed by atoms with E-state index in [0.717, 1.165) is 4.47 Å². The first kappa shape index (κ1) is 12.9. The van der Waals surface area contributed by atoms with Gasteiger partial charge in [0.15, 0.2) is 0 Å². The van der Waals surface area contributed by atoms with E-state index in [9.17, 15) is 9.90 Å². The molecule has 0 aliphatic rings. The number of aromatic hydroxyl groups is 1. The number of halogens is 2. The van der Waals surface area contributed by atoms with Gasteiger partial charge in [0.05, 0.1) is 10.6 Å². The number of hydrogen-bond acceptors (Lipinski definition) is 3. The summed E-state index contributed by atoms with van der Waals surface area (Å²) in [6, 6.07) is 7.58. The molecule has 0 atom stereocenters. The molecule has 1 amide bonds. The SMILES string of the molecule is O=C(Nc1cc(Br)ccn1)c1cc(O)ccc1Cl. The maximum Gasteiger partial charge on any atom is 0.258 e. The summed E-state index contributed by atoms with van der Waals surface area (Å²) in [5.74, 6) is -0.0537. The quantitative estimate of drug-likeness (QED) is 0.888.